The van der Waals surface area contributed by atoms with Crippen LogP contribution in [0.25, 0.3) is 0 Å². The van der Waals surface area contributed by atoms with E-state index in [1.54, 1.807) is 25.1 Å². The number of rotatable bonds is 5. The van der Waals surface area contributed by atoms with Crippen molar-refractivity contribution < 1.29 is 28.2 Å². The lowest BCUT2D eigenvalue weighted by atomic mass is 9.91. The molecular formula is C19H17FN2O5. The maximum absolute atomic E-state index is 12.9. The molecule has 8 heteroatoms. The van der Waals surface area contributed by atoms with E-state index in [1.165, 1.54) is 24.3 Å². The van der Waals surface area contributed by atoms with Crippen molar-refractivity contribution in [1.29, 1.82) is 0 Å². The van der Waals surface area contributed by atoms with E-state index >= 15 is 0 Å². The van der Waals surface area contributed by atoms with Crippen molar-refractivity contribution in [2.75, 3.05) is 19.9 Å². The van der Waals surface area contributed by atoms with Crippen LogP contribution in [0.2, 0.25) is 0 Å². The summed E-state index contributed by atoms with van der Waals surface area (Å²) in [5.74, 6) is 0.851. The molecule has 0 bridgehead atoms. The second-order valence-corrected chi connectivity index (χ2v) is 6.38. The summed E-state index contributed by atoms with van der Waals surface area (Å²) >= 11 is 0. The van der Waals surface area contributed by atoms with Gasteiger partial charge in [-0.3, -0.25) is 9.69 Å². The lowest BCUT2D eigenvalue weighted by Crippen LogP contribution is -2.41. The first-order valence-electron chi connectivity index (χ1n) is 8.40. The summed E-state index contributed by atoms with van der Waals surface area (Å²) < 4.78 is 29.0. The zero-order chi connectivity index (χ0) is 19.0. The third-order valence-electron chi connectivity index (χ3n) is 4.62. The Morgan fingerprint density at radius 3 is 2.67 bits per heavy atom. The van der Waals surface area contributed by atoms with Gasteiger partial charge in [-0.15, -0.1) is 0 Å². The largest absolute Gasteiger partial charge is 0.492 e. The normalized spacial score (nSPS) is 20.7. The maximum Gasteiger partial charge on any atom is 0.325 e. The molecule has 27 heavy (non-hydrogen) atoms. The smallest absolute Gasteiger partial charge is 0.325 e. The Kier molecular flexibility index (Phi) is 4.10. The van der Waals surface area contributed by atoms with Crippen LogP contribution in [0, 0.1) is 5.82 Å². The minimum absolute atomic E-state index is 0.0716. The van der Waals surface area contributed by atoms with Crippen molar-refractivity contribution >= 4 is 11.9 Å². The predicted octanol–water partition coefficient (Wildman–Crippen LogP) is 2.40. The molecule has 1 N–H and O–H groups in total. The molecule has 0 aliphatic carbocycles. The monoisotopic (exact) mass is 372 g/mol. The van der Waals surface area contributed by atoms with E-state index in [0.29, 0.717) is 22.8 Å². The number of nitrogens with one attached hydrogen (secondary N) is 1. The van der Waals surface area contributed by atoms with Crippen LogP contribution < -0.4 is 19.5 Å². The Labute approximate surface area is 154 Å². The summed E-state index contributed by atoms with van der Waals surface area (Å²) in [6.45, 7) is 1.94. The highest BCUT2D eigenvalue weighted by molar-refractivity contribution is 6.07. The van der Waals surface area contributed by atoms with Crippen LogP contribution in [0.4, 0.5) is 9.18 Å². The highest BCUT2D eigenvalue weighted by Crippen LogP contribution is 2.37. The second-order valence-electron chi connectivity index (χ2n) is 6.38. The maximum atomic E-state index is 12.9. The number of ether oxygens (including phenoxy) is 3. The van der Waals surface area contributed by atoms with Crippen LogP contribution in [0.5, 0.6) is 17.2 Å². The molecule has 2 heterocycles. The molecule has 0 spiro atoms. The molecule has 1 saturated heterocycles. The number of carbonyl (C=O) groups excluding carboxylic acids is 2. The summed E-state index contributed by atoms with van der Waals surface area (Å²) in [4.78, 5) is 26.3. The fraction of sp³-hybridized carbons (Fsp3) is 0.263. The summed E-state index contributed by atoms with van der Waals surface area (Å²) in [5.41, 5.74) is -0.597. The van der Waals surface area contributed by atoms with E-state index < -0.39 is 11.6 Å². The number of halogens is 1. The Balaban J connectivity index is 1.45. The Hall–Kier alpha value is -3.29. The topological polar surface area (TPSA) is 77.1 Å². The van der Waals surface area contributed by atoms with Crippen molar-refractivity contribution in [3.63, 3.8) is 0 Å². The average molecular weight is 372 g/mol. The van der Waals surface area contributed by atoms with Crippen molar-refractivity contribution in [2.24, 2.45) is 0 Å². The molecular weight excluding hydrogens is 355 g/mol. The van der Waals surface area contributed by atoms with Gasteiger partial charge in [-0.25, -0.2) is 9.18 Å². The van der Waals surface area contributed by atoms with E-state index in [0.717, 1.165) is 4.90 Å². The van der Waals surface area contributed by atoms with E-state index in [-0.39, 0.29) is 31.7 Å². The lowest BCUT2D eigenvalue weighted by Gasteiger charge is -2.22. The highest BCUT2D eigenvalue weighted by Gasteiger charge is 2.49. The van der Waals surface area contributed by atoms with Gasteiger partial charge in [0.2, 0.25) is 6.79 Å². The van der Waals surface area contributed by atoms with Crippen LogP contribution in [0.15, 0.2) is 42.5 Å². The number of nitrogens with zero attached hydrogens (tertiary/aromatic N) is 1. The quantitative estimate of drug-likeness (QED) is 0.816. The molecule has 2 aliphatic rings. The van der Waals surface area contributed by atoms with Crippen molar-refractivity contribution in [3.05, 3.63) is 53.8 Å². The Morgan fingerprint density at radius 2 is 1.89 bits per heavy atom. The fourth-order valence-corrected chi connectivity index (χ4v) is 3.09. The molecule has 1 unspecified atom stereocenters. The summed E-state index contributed by atoms with van der Waals surface area (Å²) in [7, 11) is 0. The predicted molar refractivity (Wildman–Crippen MR) is 92.1 cm³/mol. The van der Waals surface area contributed by atoms with Gasteiger partial charge in [0.15, 0.2) is 11.5 Å². The van der Waals surface area contributed by atoms with Gasteiger partial charge in [0.25, 0.3) is 5.91 Å². The number of imide groups is 1. The molecule has 0 radical (unpaired) electrons. The third-order valence-corrected chi connectivity index (χ3v) is 4.62. The molecule has 140 valence electrons. The number of hydrogen-bond donors (Lipinski definition) is 1. The number of carbonyl (C=O) groups is 2. The van der Waals surface area contributed by atoms with Gasteiger partial charge >= 0.3 is 6.03 Å². The average Bonchev–Trinajstić information content (AvgIpc) is 3.21. The van der Waals surface area contributed by atoms with E-state index in [4.69, 9.17) is 14.2 Å². The minimum Gasteiger partial charge on any atom is -0.492 e. The molecule has 0 aromatic heterocycles. The van der Waals surface area contributed by atoms with Gasteiger partial charge in [-0.1, -0.05) is 6.07 Å². The van der Waals surface area contributed by atoms with Crippen molar-refractivity contribution in [3.8, 4) is 17.2 Å². The Bertz CT molecular complexity index is 901. The zero-order valence-electron chi connectivity index (χ0n) is 14.5. The molecule has 4 rings (SSSR count). The van der Waals surface area contributed by atoms with Gasteiger partial charge in [0, 0.05) is 0 Å². The van der Waals surface area contributed by atoms with Gasteiger partial charge in [0.05, 0.1) is 6.54 Å². The highest BCUT2D eigenvalue weighted by atomic mass is 19.1. The molecule has 2 aliphatic heterocycles. The molecule has 1 atom stereocenters. The third kappa shape index (κ3) is 3.03. The first-order chi connectivity index (χ1) is 13.0. The lowest BCUT2D eigenvalue weighted by molar-refractivity contribution is -0.131. The van der Waals surface area contributed by atoms with E-state index in [9.17, 15) is 14.0 Å². The molecule has 7 nitrogen and oxygen atoms in total. The van der Waals surface area contributed by atoms with E-state index in [1.807, 2.05) is 0 Å². The first-order valence-corrected chi connectivity index (χ1v) is 8.40. The summed E-state index contributed by atoms with van der Waals surface area (Å²) in [6, 6.07) is 10.2. The molecule has 2 aromatic rings. The van der Waals surface area contributed by atoms with Crippen LogP contribution in [0.1, 0.15) is 12.5 Å². The van der Waals surface area contributed by atoms with E-state index in [2.05, 4.69) is 5.32 Å². The molecule has 0 saturated carbocycles. The zero-order valence-corrected chi connectivity index (χ0v) is 14.5. The Morgan fingerprint density at radius 1 is 1.15 bits per heavy atom. The first kappa shape index (κ1) is 17.1. The van der Waals surface area contributed by atoms with Crippen LogP contribution >= 0.6 is 0 Å². The van der Waals surface area contributed by atoms with Crippen LogP contribution in [0.3, 0.4) is 0 Å². The van der Waals surface area contributed by atoms with Gasteiger partial charge in [-0.2, -0.15) is 0 Å². The summed E-state index contributed by atoms with van der Waals surface area (Å²) in [6.07, 6.45) is 0. The van der Waals surface area contributed by atoms with Crippen molar-refractivity contribution in [1.82, 2.24) is 10.2 Å². The summed E-state index contributed by atoms with van der Waals surface area (Å²) in [5, 5.41) is 2.73. The van der Waals surface area contributed by atoms with Gasteiger partial charge in [0.1, 0.15) is 23.7 Å². The van der Waals surface area contributed by atoms with Gasteiger partial charge in [-0.05, 0) is 48.9 Å². The number of amides is 3. The SMILES string of the molecule is CC1(c2ccc3c(c2)OCO3)NC(=O)N(CCOc2ccc(F)cc2)C1=O. The molecule has 2 aromatic carbocycles. The van der Waals surface area contributed by atoms with Crippen LogP contribution in [-0.4, -0.2) is 36.8 Å². The molecule has 3 amide bonds. The minimum atomic E-state index is -1.20. The number of fused-ring (bicyclic) bond motifs is 1. The van der Waals surface area contributed by atoms with Crippen molar-refractivity contribution in [2.45, 2.75) is 12.5 Å². The van der Waals surface area contributed by atoms with Crippen LogP contribution in [-0.2, 0) is 10.3 Å². The fourth-order valence-electron chi connectivity index (χ4n) is 3.09. The number of urea groups is 1. The number of benzene rings is 2. The number of hydrogen-bond acceptors (Lipinski definition) is 5. The second kappa shape index (κ2) is 6.46. The standard InChI is InChI=1S/C19H17FN2O5/c1-19(12-2-7-15-16(10-12)27-11-26-15)17(23)22(18(24)21-19)8-9-25-14-5-3-13(20)4-6-14/h2-7,10H,8-9,11H2,1H3,(H,21,24). The van der Waals surface area contributed by atoms with Gasteiger partial charge < -0.3 is 19.5 Å². The molecule has 1 fully saturated rings.